The number of nitrogens with one attached hydrogen (secondary N) is 1. The van der Waals surface area contributed by atoms with E-state index in [4.69, 9.17) is 0 Å². The Kier molecular flexibility index (Phi) is 3.82. The summed E-state index contributed by atoms with van der Waals surface area (Å²) in [6.45, 7) is 3.03. The average Bonchev–Trinajstić information content (AvgIpc) is 2.75. The van der Waals surface area contributed by atoms with Crippen LogP contribution >= 0.6 is 0 Å². The lowest BCUT2D eigenvalue weighted by molar-refractivity contribution is 0.543. The monoisotopic (exact) mass is 231 g/mol. The van der Waals surface area contributed by atoms with Gasteiger partial charge in [0.05, 0.1) is 5.69 Å². The zero-order valence-electron chi connectivity index (χ0n) is 10.2. The fraction of sp³-hybridized carbons (Fsp3) is 0.417. The maximum absolute atomic E-state index is 4.12. The molecule has 17 heavy (non-hydrogen) atoms. The summed E-state index contributed by atoms with van der Waals surface area (Å²) in [5.41, 5.74) is 2.22. The Morgan fingerprint density at radius 1 is 1.35 bits per heavy atom. The molecule has 1 unspecified atom stereocenters. The van der Waals surface area contributed by atoms with Crippen LogP contribution in [0.2, 0.25) is 0 Å². The van der Waals surface area contributed by atoms with Crippen LogP contribution in [0.1, 0.15) is 24.2 Å². The van der Waals surface area contributed by atoms with Crippen LogP contribution in [0.4, 0.5) is 0 Å². The van der Waals surface area contributed by atoms with E-state index in [0.29, 0.717) is 0 Å². The Morgan fingerprint density at radius 3 is 2.71 bits per heavy atom. The summed E-state index contributed by atoms with van der Waals surface area (Å²) in [6.07, 6.45) is 6.42. The summed E-state index contributed by atoms with van der Waals surface area (Å²) < 4.78 is 1.73. The van der Waals surface area contributed by atoms with Gasteiger partial charge in [-0.3, -0.25) is 9.67 Å². The normalized spacial score (nSPS) is 12.6. The molecule has 0 saturated carbocycles. The lowest BCUT2D eigenvalue weighted by atomic mass is 10.0. The van der Waals surface area contributed by atoms with E-state index in [-0.39, 0.29) is 6.04 Å². The van der Waals surface area contributed by atoms with Crippen LogP contribution in [-0.2, 0) is 13.5 Å². The Morgan fingerprint density at radius 2 is 2.12 bits per heavy atom. The van der Waals surface area contributed by atoms with Crippen molar-refractivity contribution in [3.63, 3.8) is 0 Å². The van der Waals surface area contributed by atoms with Crippen molar-refractivity contribution in [2.45, 2.75) is 19.4 Å². The van der Waals surface area contributed by atoms with Gasteiger partial charge in [0.1, 0.15) is 0 Å². The number of nitrogens with zero attached hydrogens (tertiary/aromatic N) is 4. The molecule has 0 amide bonds. The van der Waals surface area contributed by atoms with E-state index >= 15 is 0 Å². The molecule has 0 aliphatic rings. The van der Waals surface area contributed by atoms with Gasteiger partial charge in [0.25, 0.3) is 0 Å². The third-order valence-corrected chi connectivity index (χ3v) is 2.62. The van der Waals surface area contributed by atoms with Crippen molar-refractivity contribution in [1.29, 1.82) is 0 Å². The lowest BCUT2D eigenvalue weighted by Gasteiger charge is -2.16. The van der Waals surface area contributed by atoms with E-state index in [1.165, 1.54) is 5.56 Å². The molecule has 2 aromatic heterocycles. The van der Waals surface area contributed by atoms with Crippen molar-refractivity contribution in [1.82, 2.24) is 25.3 Å². The van der Waals surface area contributed by atoms with Gasteiger partial charge >= 0.3 is 0 Å². The Balaban J connectivity index is 2.13. The highest BCUT2D eigenvalue weighted by Crippen LogP contribution is 2.16. The number of aryl methyl sites for hydroxylation is 1. The Hall–Kier alpha value is -1.75. The van der Waals surface area contributed by atoms with Crippen LogP contribution in [0.5, 0.6) is 0 Å². The highest BCUT2D eigenvalue weighted by Gasteiger charge is 2.12. The van der Waals surface area contributed by atoms with Crippen LogP contribution in [0.3, 0.4) is 0 Å². The lowest BCUT2D eigenvalue weighted by Crippen LogP contribution is -2.23. The van der Waals surface area contributed by atoms with Crippen LogP contribution in [0, 0.1) is 0 Å². The van der Waals surface area contributed by atoms with Crippen molar-refractivity contribution in [3.8, 4) is 0 Å². The summed E-state index contributed by atoms with van der Waals surface area (Å²) in [5, 5.41) is 11.5. The molecule has 0 bridgehead atoms. The molecule has 0 aromatic carbocycles. The molecular formula is C12H17N5. The summed E-state index contributed by atoms with van der Waals surface area (Å²) in [6, 6.07) is 4.33. The van der Waals surface area contributed by atoms with E-state index in [9.17, 15) is 0 Å². The highest BCUT2D eigenvalue weighted by molar-refractivity contribution is 5.17. The zero-order valence-corrected chi connectivity index (χ0v) is 10.2. The maximum atomic E-state index is 4.12. The summed E-state index contributed by atoms with van der Waals surface area (Å²) in [7, 11) is 1.88. The molecule has 5 nitrogen and oxygen atoms in total. The van der Waals surface area contributed by atoms with Gasteiger partial charge in [-0.25, -0.2) is 0 Å². The van der Waals surface area contributed by atoms with Gasteiger partial charge in [0.15, 0.2) is 0 Å². The molecule has 0 radical (unpaired) electrons. The SMILES string of the molecule is CCNC(Cc1cn(C)nn1)c1ccncc1. The van der Waals surface area contributed by atoms with Crippen LogP contribution in [-0.4, -0.2) is 26.5 Å². The molecule has 5 heteroatoms. The number of likely N-dealkylation sites (N-methyl/N-ethyl adjacent to an activating group) is 1. The van der Waals surface area contributed by atoms with E-state index in [2.05, 4.69) is 27.5 Å². The molecule has 0 saturated heterocycles. The molecule has 0 aliphatic carbocycles. The molecule has 2 heterocycles. The second kappa shape index (κ2) is 5.54. The number of hydrogen-bond donors (Lipinski definition) is 1. The van der Waals surface area contributed by atoms with Gasteiger partial charge in [0, 0.05) is 38.1 Å². The first-order valence-corrected chi connectivity index (χ1v) is 5.78. The van der Waals surface area contributed by atoms with Crippen molar-refractivity contribution < 1.29 is 0 Å². The fourth-order valence-corrected chi connectivity index (χ4v) is 1.85. The number of hydrogen-bond acceptors (Lipinski definition) is 4. The maximum Gasteiger partial charge on any atom is 0.0845 e. The zero-order chi connectivity index (χ0) is 12.1. The highest BCUT2D eigenvalue weighted by atomic mass is 15.4. The van der Waals surface area contributed by atoms with Gasteiger partial charge in [-0.2, -0.15) is 0 Å². The van der Waals surface area contributed by atoms with Gasteiger partial charge in [-0.1, -0.05) is 12.1 Å². The average molecular weight is 231 g/mol. The molecular weight excluding hydrogens is 214 g/mol. The minimum Gasteiger partial charge on any atom is -0.310 e. The van der Waals surface area contributed by atoms with Gasteiger partial charge in [-0.15, -0.1) is 5.10 Å². The smallest absolute Gasteiger partial charge is 0.0845 e. The predicted octanol–water partition coefficient (Wildman–Crippen LogP) is 1.10. The van der Waals surface area contributed by atoms with Crippen molar-refractivity contribution >= 4 is 0 Å². The standard InChI is InChI=1S/C12H17N5/c1-3-14-12(10-4-6-13-7-5-10)8-11-9-17(2)16-15-11/h4-7,9,12,14H,3,8H2,1-2H3. The topological polar surface area (TPSA) is 55.6 Å². The minimum absolute atomic E-state index is 0.264. The molecule has 2 rings (SSSR count). The van der Waals surface area contributed by atoms with Crippen molar-refractivity contribution in [2.24, 2.45) is 7.05 Å². The molecule has 0 fully saturated rings. The van der Waals surface area contributed by atoms with E-state index in [1.54, 1.807) is 4.68 Å². The Labute approximate surface area is 101 Å². The summed E-state index contributed by atoms with van der Waals surface area (Å²) >= 11 is 0. The first-order valence-electron chi connectivity index (χ1n) is 5.78. The first kappa shape index (κ1) is 11.7. The van der Waals surface area contributed by atoms with Gasteiger partial charge in [0.2, 0.25) is 0 Å². The van der Waals surface area contributed by atoms with Crippen molar-refractivity contribution in [3.05, 3.63) is 42.0 Å². The molecule has 1 N–H and O–H groups in total. The molecule has 2 aromatic rings. The first-order chi connectivity index (χ1) is 8.29. The van der Waals surface area contributed by atoms with Gasteiger partial charge < -0.3 is 5.32 Å². The second-order valence-electron chi connectivity index (χ2n) is 3.98. The van der Waals surface area contributed by atoms with E-state index in [1.807, 2.05) is 37.8 Å². The van der Waals surface area contributed by atoms with E-state index in [0.717, 1.165) is 18.7 Å². The third-order valence-electron chi connectivity index (χ3n) is 2.62. The van der Waals surface area contributed by atoms with Crippen molar-refractivity contribution in [2.75, 3.05) is 6.54 Å². The van der Waals surface area contributed by atoms with E-state index < -0.39 is 0 Å². The quantitative estimate of drug-likeness (QED) is 0.837. The minimum atomic E-state index is 0.264. The fourth-order valence-electron chi connectivity index (χ4n) is 1.85. The summed E-state index contributed by atoms with van der Waals surface area (Å²) in [5.74, 6) is 0. The predicted molar refractivity (Wildman–Crippen MR) is 65.4 cm³/mol. The number of pyridine rings is 1. The van der Waals surface area contributed by atoms with Crippen LogP contribution in [0.15, 0.2) is 30.7 Å². The van der Waals surface area contributed by atoms with Gasteiger partial charge in [-0.05, 0) is 24.2 Å². The second-order valence-corrected chi connectivity index (χ2v) is 3.98. The summed E-state index contributed by atoms with van der Waals surface area (Å²) in [4.78, 5) is 4.04. The number of rotatable bonds is 5. The number of aromatic nitrogens is 4. The Bertz CT molecular complexity index is 451. The largest absolute Gasteiger partial charge is 0.310 e. The molecule has 0 aliphatic heterocycles. The van der Waals surface area contributed by atoms with Crippen LogP contribution < -0.4 is 5.32 Å². The third kappa shape index (κ3) is 3.10. The van der Waals surface area contributed by atoms with Crippen LogP contribution in [0.25, 0.3) is 0 Å². The molecule has 0 spiro atoms. The molecule has 90 valence electrons. The molecule has 1 atom stereocenters.